The first-order chi connectivity index (χ1) is 47.0. The van der Waals surface area contributed by atoms with E-state index < -0.39 is 0 Å². The minimum absolute atomic E-state index is 0. The van der Waals surface area contributed by atoms with E-state index in [0.29, 0.717) is 5.92 Å². The standard InChI is InChI=1S/2C21H20N.C20H18N.C19H16N.C11H8N.4Ir/c1-21(2,3)19-12-13-22-20(15-19)18-11-7-10-17(14-18)16-8-5-4-6-9-16;1-21(2,3)19-12-13-20(22-15-19)18-11-7-10-17(14-18)16-8-5-4-6-9-16;1-15(2)19-11-12-20(21-14-19)18-10-6-9-17(13-18)16-7-4-3-5-8-16;1-14-11-19(20-13-15(14)2)18-10-6-9-17(12-18)16-7-4-3-5-8-16;1-2-6-10(7-3-1)11-8-4-5-9-12-11;;;;/h2*4-10,12-15H,1-3H3;3-9,11-15H,1-2H3;3-9,11-13H,1-2H3;1-6,8-9H;;;;/q5*-1;;;;. The molecule has 0 aliphatic rings. The van der Waals surface area contributed by atoms with Crippen LogP contribution in [-0.2, 0) is 91.3 Å². The largest absolute Gasteiger partial charge is 0.305 e. The molecule has 516 valence electrons. The van der Waals surface area contributed by atoms with Crippen molar-refractivity contribution in [1.82, 2.24) is 24.9 Å². The predicted molar refractivity (Wildman–Crippen MR) is 405 cm³/mol. The van der Waals surface area contributed by atoms with Gasteiger partial charge < -0.3 is 24.9 Å². The molecule has 0 unspecified atom stereocenters. The van der Waals surface area contributed by atoms with Gasteiger partial charge in [0.05, 0.1) is 0 Å². The Morgan fingerprint density at radius 1 is 0.267 bits per heavy atom. The van der Waals surface area contributed by atoms with E-state index in [2.05, 4.69) is 313 Å². The van der Waals surface area contributed by atoms with Gasteiger partial charge in [-0.3, -0.25) is 0 Å². The van der Waals surface area contributed by atoms with Crippen LogP contribution in [0.3, 0.4) is 0 Å². The molecule has 5 aromatic heterocycles. The maximum absolute atomic E-state index is 4.62. The maximum Gasteiger partial charge on any atom is 0.0198 e. The third kappa shape index (κ3) is 24.0. The van der Waals surface area contributed by atoms with Gasteiger partial charge in [-0.1, -0.05) is 231 Å². The van der Waals surface area contributed by atoms with Gasteiger partial charge in [0, 0.05) is 111 Å². The molecule has 0 fully saturated rings. The summed E-state index contributed by atoms with van der Waals surface area (Å²) < 4.78 is 0. The fourth-order valence-corrected chi connectivity index (χ4v) is 10.5. The summed E-state index contributed by atoms with van der Waals surface area (Å²) in [5.74, 6) is 0.506. The molecule has 0 bridgehead atoms. The van der Waals surface area contributed by atoms with Crippen molar-refractivity contribution in [1.29, 1.82) is 0 Å². The number of aryl methyl sites for hydroxylation is 2. The van der Waals surface area contributed by atoms with Crippen molar-refractivity contribution in [2.24, 2.45) is 0 Å². The number of nitrogens with zero attached hydrogens (tertiary/aromatic N) is 5. The minimum Gasteiger partial charge on any atom is -0.305 e. The predicted octanol–water partition coefficient (Wildman–Crippen LogP) is 23.7. The Morgan fingerprint density at radius 2 is 0.644 bits per heavy atom. The molecule has 0 saturated carbocycles. The Kier molecular flexibility index (Phi) is 32.3. The topological polar surface area (TPSA) is 64.5 Å². The maximum atomic E-state index is 4.62. The summed E-state index contributed by atoms with van der Waals surface area (Å²) in [4.78, 5) is 22.4. The van der Waals surface area contributed by atoms with E-state index in [0.717, 1.165) is 56.3 Å². The molecule has 14 rings (SSSR count). The number of benzene rings is 9. The first-order valence-electron chi connectivity index (χ1n) is 33.0. The van der Waals surface area contributed by atoms with Gasteiger partial charge in [-0.05, 0) is 116 Å². The molecule has 5 heterocycles. The van der Waals surface area contributed by atoms with Crippen molar-refractivity contribution in [3.63, 3.8) is 0 Å². The second-order valence-electron chi connectivity index (χ2n) is 26.1. The van der Waals surface area contributed by atoms with Crippen LogP contribution in [-0.4, -0.2) is 24.9 Å². The fourth-order valence-electron chi connectivity index (χ4n) is 10.5. The molecule has 0 spiro atoms. The zero-order chi connectivity index (χ0) is 68.0. The number of hydrogen-bond acceptors (Lipinski definition) is 5. The number of aromatic nitrogens is 5. The second-order valence-corrected chi connectivity index (χ2v) is 26.1. The van der Waals surface area contributed by atoms with E-state index in [1.807, 2.05) is 116 Å². The van der Waals surface area contributed by atoms with Crippen LogP contribution < -0.4 is 0 Å². The third-order valence-corrected chi connectivity index (χ3v) is 16.5. The SMILES string of the molecule is CC(C)(C)c1ccc(-c2[c-]ccc(-c3ccccc3)c2)nc1.CC(C)(C)c1ccnc(-c2[c-]ccc(-c3ccccc3)c2)c1.CC(C)c1ccc(-c2[c-]ccc(-c3ccccc3)c2)nc1.Cc1cnc(-c2[c-]ccc(-c3ccccc3)c2)cc1C.[Ir].[Ir].[Ir].[Ir].[c-]1ccccc1-c1ccccn1. The minimum atomic E-state index is 0. The van der Waals surface area contributed by atoms with Crippen molar-refractivity contribution in [3.8, 4) is 101 Å². The molecular weight excluding hydrogens is 1940 g/mol. The molecule has 0 amide bonds. The summed E-state index contributed by atoms with van der Waals surface area (Å²) in [6.07, 6.45) is 9.53. The Bertz CT molecular complexity index is 4680. The number of hydrogen-bond donors (Lipinski definition) is 0. The molecule has 101 heavy (non-hydrogen) atoms. The van der Waals surface area contributed by atoms with Gasteiger partial charge >= 0.3 is 0 Å². The summed E-state index contributed by atoms with van der Waals surface area (Å²) in [5, 5.41) is 0. The van der Waals surface area contributed by atoms with Crippen LogP contribution in [0.4, 0.5) is 0 Å². The molecule has 0 N–H and O–H groups in total. The van der Waals surface area contributed by atoms with Gasteiger partial charge in [-0.25, -0.2) is 0 Å². The molecule has 0 aliphatic heterocycles. The van der Waals surface area contributed by atoms with Gasteiger partial charge in [0.15, 0.2) is 0 Å². The summed E-state index contributed by atoms with van der Waals surface area (Å²) in [7, 11) is 0. The zero-order valence-corrected chi connectivity index (χ0v) is 68.2. The van der Waals surface area contributed by atoms with Gasteiger partial charge in [0.25, 0.3) is 0 Å². The number of pyridine rings is 5. The van der Waals surface area contributed by atoms with Crippen LogP contribution >= 0.6 is 0 Å². The molecule has 5 nitrogen and oxygen atoms in total. The molecule has 4 radical (unpaired) electrons. The first kappa shape index (κ1) is 81.3. The van der Waals surface area contributed by atoms with Crippen molar-refractivity contribution in [3.05, 3.63) is 368 Å². The first-order valence-corrected chi connectivity index (χ1v) is 33.0. The van der Waals surface area contributed by atoms with Crippen LogP contribution in [0.5, 0.6) is 0 Å². The average molecular weight is 2030 g/mol. The van der Waals surface area contributed by atoms with Crippen molar-refractivity contribution >= 4 is 0 Å². The van der Waals surface area contributed by atoms with E-state index in [1.54, 1.807) is 6.20 Å². The quantitative estimate of drug-likeness (QED) is 0.128. The van der Waals surface area contributed by atoms with Gasteiger partial charge in [0.2, 0.25) is 0 Å². The van der Waals surface area contributed by atoms with Crippen LogP contribution in [0.25, 0.3) is 101 Å². The zero-order valence-electron chi connectivity index (χ0n) is 58.6. The van der Waals surface area contributed by atoms with Crippen LogP contribution in [0.1, 0.15) is 89.1 Å². The molecular formula is C92H82Ir4N5-5. The van der Waals surface area contributed by atoms with Crippen molar-refractivity contribution in [2.75, 3.05) is 0 Å². The molecule has 14 aromatic rings. The third-order valence-electron chi connectivity index (χ3n) is 16.5. The Balaban J connectivity index is 0.000000199. The summed E-state index contributed by atoms with van der Waals surface area (Å²) >= 11 is 0. The van der Waals surface area contributed by atoms with E-state index in [4.69, 9.17) is 0 Å². The normalized spacial score (nSPS) is 10.4. The molecule has 0 aliphatic carbocycles. The fraction of sp³-hybridized carbons (Fsp3) is 0.141. The smallest absolute Gasteiger partial charge is 0.0198 e. The molecule has 0 atom stereocenters. The summed E-state index contributed by atoms with van der Waals surface area (Å²) in [5.41, 5.74) is 26.2. The van der Waals surface area contributed by atoms with Crippen molar-refractivity contribution < 1.29 is 80.4 Å². The molecule has 9 heteroatoms. The van der Waals surface area contributed by atoms with E-state index in [1.165, 1.54) is 72.3 Å². The Morgan fingerprint density at radius 3 is 1.01 bits per heavy atom. The molecule has 0 saturated heterocycles. The monoisotopic (exact) mass is 2030 g/mol. The van der Waals surface area contributed by atoms with E-state index in [9.17, 15) is 0 Å². The van der Waals surface area contributed by atoms with E-state index in [-0.39, 0.29) is 91.3 Å². The Hall–Kier alpha value is -8.67. The van der Waals surface area contributed by atoms with Gasteiger partial charge in [-0.15, -0.1) is 177 Å². The summed E-state index contributed by atoms with van der Waals surface area (Å²) in [6.45, 7) is 21.8. The average Bonchev–Trinajstić information content (AvgIpc) is 0.821. The van der Waals surface area contributed by atoms with E-state index >= 15 is 0 Å². The van der Waals surface area contributed by atoms with Gasteiger partial charge in [-0.2, -0.15) is 0 Å². The van der Waals surface area contributed by atoms with Crippen LogP contribution in [0.15, 0.2) is 310 Å². The van der Waals surface area contributed by atoms with Crippen LogP contribution in [0, 0.1) is 44.2 Å². The van der Waals surface area contributed by atoms with Crippen molar-refractivity contribution in [2.45, 2.75) is 86.0 Å². The van der Waals surface area contributed by atoms with Gasteiger partial charge in [0.1, 0.15) is 0 Å². The van der Waals surface area contributed by atoms with Crippen LogP contribution in [0.2, 0.25) is 0 Å². The Labute approximate surface area is 654 Å². The number of rotatable bonds is 10. The molecule has 9 aromatic carbocycles. The second kappa shape index (κ2) is 40.1. The summed E-state index contributed by atoms with van der Waals surface area (Å²) in [6, 6.07) is 111.